The van der Waals surface area contributed by atoms with Gasteiger partial charge in [0.25, 0.3) is 5.91 Å². The van der Waals surface area contributed by atoms with Crippen molar-refractivity contribution in [2.24, 2.45) is 0 Å². The molecular weight excluding hydrogens is 366 g/mol. The molecule has 1 saturated heterocycles. The van der Waals surface area contributed by atoms with Crippen LogP contribution >= 0.6 is 0 Å². The lowest BCUT2D eigenvalue weighted by Gasteiger charge is -2.27. The summed E-state index contributed by atoms with van der Waals surface area (Å²) in [5, 5.41) is 10.2. The average molecular weight is 389 g/mol. The molecule has 2 aromatic carbocycles. The van der Waals surface area contributed by atoms with Crippen molar-refractivity contribution >= 4 is 23.4 Å². The van der Waals surface area contributed by atoms with E-state index in [9.17, 15) is 9.59 Å². The summed E-state index contributed by atoms with van der Waals surface area (Å²) in [7, 11) is 0. The predicted octanol–water partition coefficient (Wildman–Crippen LogP) is 3.41. The molecule has 2 N–H and O–H groups in total. The van der Waals surface area contributed by atoms with E-state index in [0.29, 0.717) is 36.7 Å². The zero-order valence-corrected chi connectivity index (χ0v) is 16.3. The van der Waals surface area contributed by atoms with Gasteiger partial charge in [0.1, 0.15) is 0 Å². The first kappa shape index (κ1) is 18.7. The minimum absolute atomic E-state index is 0.135. The maximum absolute atomic E-state index is 12.8. The quantitative estimate of drug-likeness (QED) is 0.702. The minimum atomic E-state index is -0.252. The molecule has 148 valence electrons. The molecule has 0 bridgehead atoms. The number of anilines is 2. The highest BCUT2D eigenvalue weighted by molar-refractivity contribution is 6.05. The number of amides is 3. The van der Waals surface area contributed by atoms with Crippen LogP contribution in [0.15, 0.2) is 60.8 Å². The van der Waals surface area contributed by atoms with E-state index in [1.54, 1.807) is 23.1 Å². The third-order valence-electron chi connectivity index (χ3n) is 4.86. The molecule has 7 nitrogen and oxygen atoms in total. The number of rotatable bonds is 5. The Morgan fingerprint density at radius 1 is 1.17 bits per heavy atom. The van der Waals surface area contributed by atoms with Crippen LogP contribution in [-0.4, -0.2) is 34.8 Å². The molecule has 4 rings (SSSR count). The monoisotopic (exact) mass is 389 g/mol. The van der Waals surface area contributed by atoms with Crippen LogP contribution in [-0.2, 0) is 6.54 Å². The standard InChI is InChI=1S/C22H23N5O2/c1-16-14-26(15-17-7-3-2-4-8-17)25-20(16)24-21(28)18-9-5-10-19(13-18)27-12-6-11-23-22(27)29/h2-5,7-10,13-14H,6,11-12,15H2,1H3,(H,23,29)(H,24,25,28). The first-order valence-corrected chi connectivity index (χ1v) is 9.65. The molecule has 29 heavy (non-hydrogen) atoms. The molecule has 0 atom stereocenters. The smallest absolute Gasteiger partial charge is 0.321 e. The lowest BCUT2D eigenvalue weighted by atomic mass is 10.1. The first-order chi connectivity index (χ1) is 14.1. The zero-order chi connectivity index (χ0) is 20.2. The first-order valence-electron chi connectivity index (χ1n) is 9.65. The normalized spacial score (nSPS) is 13.8. The van der Waals surface area contributed by atoms with Gasteiger partial charge in [0.2, 0.25) is 0 Å². The fourth-order valence-electron chi connectivity index (χ4n) is 3.37. The second kappa shape index (κ2) is 8.18. The van der Waals surface area contributed by atoms with Crippen molar-refractivity contribution in [2.75, 3.05) is 23.3 Å². The fraction of sp³-hybridized carbons (Fsp3) is 0.227. The van der Waals surface area contributed by atoms with Crippen LogP contribution in [0.2, 0.25) is 0 Å². The lowest BCUT2D eigenvalue weighted by Crippen LogP contribution is -2.46. The molecule has 0 aliphatic carbocycles. The summed E-state index contributed by atoms with van der Waals surface area (Å²) in [5.41, 5.74) is 3.22. The minimum Gasteiger partial charge on any atom is -0.338 e. The fourth-order valence-corrected chi connectivity index (χ4v) is 3.37. The van der Waals surface area contributed by atoms with Gasteiger partial charge in [-0.15, -0.1) is 0 Å². The van der Waals surface area contributed by atoms with Gasteiger partial charge in [-0.3, -0.25) is 14.4 Å². The highest BCUT2D eigenvalue weighted by Gasteiger charge is 2.20. The molecule has 0 saturated carbocycles. The molecule has 1 aromatic heterocycles. The van der Waals surface area contributed by atoms with Crippen molar-refractivity contribution in [1.29, 1.82) is 0 Å². The second-order valence-electron chi connectivity index (χ2n) is 7.09. The SMILES string of the molecule is Cc1cn(Cc2ccccc2)nc1NC(=O)c1cccc(N2CCCNC2=O)c1. The van der Waals surface area contributed by atoms with E-state index in [1.165, 1.54) is 0 Å². The Morgan fingerprint density at radius 2 is 2.00 bits per heavy atom. The molecule has 1 aliphatic heterocycles. The summed E-state index contributed by atoms with van der Waals surface area (Å²) < 4.78 is 1.81. The van der Waals surface area contributed by atoms with Crippen molar-refractivity contribution in [3.05, 3.63) is 77.5 Å². The average Bonchev–Trinajstić information content (AvgIpc) is 3.07. The van der Waals surface area contributed by atoms with Gasteiger partial charge in [-0.2, -0.15) is 5.10 Å². The largest absolute Gasteiger partial charge is 0.338 e. The van der Waals surface area contributed by atoms with Crippen LogP contribution in [0.5, 0.6) is 0 Å². The molecular formula is C22H23N5O2. The maximum atomic E-state index is 12.8. The van der Waals surface area contributed by atoms with Crippen molar-refractivity contribution in [3.8, 4) is 0 Å². The van der Waals surface area contributed by atoms with E-state index in [-0.39, 0.29) is 11.9 Å². The summed E-state index contributed by atoms with van der Waals surface area (Å²) in [6.07, 6.45) is 2.79. The zero-order valence-electron chi connectivity index (χ0n) is 16.3. The number of hydrogen-bond donors (Lipinski definition) is 2. The van der Waals surface area contributed by atoms with Crippen molar-refractivity contribution in [2.45, 2.75) is 19.9 Å². The Morgan fingerprint density at radius 3 is 2.79 bits per heavy atom. The van der Waals surface area contributed by atoms with E-state index in [1.807, 2.05) is 54.2 Å². The summed E-state index contributed by atoms with van der Waals surface area (Å²) in [6, 6.07) is 17.0. The number of aromatic nitrogens is 2. The van der Waals surface area contributed by atoms with Gasteiger partial charge in [-0.1, -0.05) is 36.4 Å². The molecule has 0 radical (unpaired) electrons. The van der Waals surface area contributed by atoms with Gasteiger partial charge < -0.3 is 10.6 Å². The summed E-state index contributed by atoms with van der Waals surface area (Å²) in [5.74, 6) is 0.282. The number of urea groups is 1. The number of aryl methyl sites for hydroxylation is 1. The number of carbonyl (C=O) groups excluding carboxylic acids is 2. The topological polar surface area (TPSA) is 79.3 Å². The van der Waals surface area contributed by atoms with Gasteiger partial charge in [-0.25, -0.2) is 4.79 Å². The number of hydrogen-bond acceptors (Lipinski definition) is 3. The van der Waals surface area contributed by atoms with E-state index >= 15 is 0 Å². The van der Waals surface area contributed by atoms with E-state index < -0.39 is 0 Å². The van der Waals surface area contributed by atoms with Crippen molar-refractivity contribution < 1.29 is 9.59 Å². The Balaban J connectivity index is 1.48. The van der Waals surface area contributed by atoms with Crippen LogP contribution in [0.3, 0.4) is 0 Å². The molecule has 0 spiro atoms. The Bertz CT molecular complexity index is 1030. The van der Waals surface area contributed by atoms with Gasteiger partial charge in [0, 0.05) is 36.1 Å². The molecule has 7 heteroatoms. The summed E-state index contributed by atoms with van der Waals surface area (Å²) in [4.78, 5) is 26.5. The van der Waals surface area contributed by atoms with Gasteiger partial charge in [0.15, 0.2) is 5.82 Å². The molecule has 3 amide bonds. The number of carbonyl (C=O) groups is 2. The van der Waals surface area contributed by atoms with Crippen LogP contribution in [0.25, 0.3) is 0 Å². The lowest BCUT2D eigenvalue weighted by molar-refractivity contribution is 0.102. The van der Waals surface area contributed by atoms with E-state index in [0.717, 1.165) is 17.5 Å². The van der Waals surface area contributed by atoms with E-state index in [2.05, 4.69) is 15.7 Å². The Labute approximate surface area is 169 Å². The highest BCUT2D eigenvalue weighted by Crippen LogP contribution is 2.20. The number of nitrogens with one attached hydrogen (secondary N) is 2. The molecule has 1 aliphatic rings. The van der Waals surface area contributed by atoms with Gasteiger partial charge in [-0.05, 0) is 37.1 Å². The third kappa shape index (κ3) is 4.29. The van der Waals surface area contributed by atoms with Crippen molar-refractivity contribution in [3.63, 3.8) is 0 Å². The molecule has 0 unspecified atom stereocenters. The third-order valence-corrected chi connectivity index (χ3v) is 4.86. The van der Waals surface area contributed by atoms with Gasteiger partial charge in [0.05, 0.1) is 6.54 Å². The number of nitrogens with zero attached hydrogens (tertiary/aromatic N) is 3. The van der Waals surface area contributed by atoms with Crippen LogP contribution < -0.4 is 15.5 Å². The van der Waals surface area contributed by atoms with Crippen LogP contribution in [0.1, 0.15) is 27.9 Å². The molecule has 3 aromatic rings. The molecule has 1 fully saturated rings. The number of benzene rings is 2. The van der Waals surface area contributed by atoms with Gasteiger partial charge >= 0.3 is 6.03 Å². The highest BCUT2D eigenvalue weighted by atomic mass is 16.2. The predicted molar refractivity (Wildman–Crippen MR) is 112 cm³/mol. The van der Waals surface area contributed by atoms with Crippen molar-refractivity contribution in [1.82, 2.24) is 15.1 Å². The summed E-state index contributed by atoms with van der Waals surface area (Å²) in [6.45, 7) is 3.87. The van der Waals surface area contributed by atoms with Crippen LogP contribution in [0, 0.1) is 6.92 Å². The Hall–Kier alpha value is -3.61. The van der Waals surface area contributed by atoms with E-state index in [4.69, 9.17) is 0 Å². The maximum Gasteiger partial charge on any atom is 0.321 e. The molecule has 2 heterocycles. The second-order valence-corrected chi connectivity index (χ2v) is 7.09. The van der Waals surface area contributed by atoms with Crippen LogP contribution in [0.4, 0.5) is 16.3 Å². The summed E-state index contributed by atoms with van der Waals surface area (Å²) >= 11 is 0. The Kier molecular flexibility index (Phi) is 5.29.